The Balaban J connectivity index is 2.75. The van der Waals surface area contributed by atoms with E-state index in [0.29, 0.717) is 0 Å². The highest BCUT2D eigenvalue weighted by molar-refractivity contribution is 5.29. The smallest absolute Gasteiger partial charge is 0.0270 e. The van der Waals surface area contributed by atoms with Crippen LogP contribution in [-0.2, 0) is 6.42 Å². The van der Waals surface area contributed by atoms with Crippen LogP contribution in [0.5, 0.6) is 0 Å². The van der Waals surface area contributed by atoms with Gasteiger partial charge in [-0.3, -0.25) is 4.98 Å². The quantitative estimate of drug-likeness (QED) is 0.732. The summed E-state index contributed by atoms with van der Waals surface area (Å²) in [6.45, 7) is 3.66. The van der Waals surface area contributed by atoms with Crippen LogP contribution in [0.2, 0.25) is 0 Å². The van der Waals surface area contributed by atoms with Crippen LogP contribution in [0, 0.1) is 0 Å². The number of hydrogen-bond acceptors (Lipinski definition) is 2. The van der Waals surface area contributed by atoms with Gasteiger partial charge in [0, 0.05) is 12.4 Å². The molecule has 1 heterocycles. The standard InChI is InChI=1S/C12H14N2/c1-2-3-11(4-7-13)10-12-5-8-14-9-6-12/h2-9H,1,10,13H2/b7-4-,11-3+. The fourth-order valence-corrected chi connectivity index (χ4v) is 1.18. The third kappa shape index (κ3) is 3.27. The first-order valence-electron chi connectivity index (χ1n) is 4.45. The minimum Gasteiger partial charge on any atom is -0.405 e. The van der Waals surface area contributed by atoms with Crippen LogP contribution in [0.4, 0.5) is 0 Å². The largest absolute Gasteiger partial charge is 0.405 e. The zero-order valence-corrected chi connectivity index (χ0v) is 8.06. The van der Waals surface area contributed by atoms with Gasteiger partial charge in [-0.15, -0.1) is 0 Å². The van der Waals surface area contributed by atoms with E-state index in [0.717, 1.165) is 12.0 Å². The van der Waals surface area contributed by atoms with E-state index in [9.17, 15) is 0 Å². The van der Waals surface area contributed by atoms with Crippen LogP contribution in [0.3, 0.4) is 0 Å². The molecule has 0 radical (unpaired) electrons. The molecule has 2 heteroatoms. The Bertz CT molecular complexity index is 337. The molecule has 0 saturated carbocycles. The van der Waals surface area contributed by atoms with E-state index < -0.39 is 0 Å². The molecule has 0 aromatic carbocycles. The van der Waals surface area contributed by atoms with Gasteiger partial charge in [-0.1, -0.05) is 18.7 Å². The average molecular weight is 186 g/mol. The Morgan fingerprint density at radius 2 is 2.14 bits per heavy atom. The molecule has 0 bridgehead atoms. The number of nitrogens with two attached hydrogens (primary N) is 1. The maximum atomic E-state index is 5.35. The van der Waals surface area contributed by atoms with Gasteiger partial charge < -0.3 is 5.73 Å². The summed E-state index contributed by atoms with van der Waals surface area (Å²) in [5, 5.41) is 0. The molecule has 0 atom stereocenters. The molecule has 1 rings (SSSR count). The number of nitrogens with zero attached hydrogens (tertiary/aromatic N) is 1. The van der Waals surface area contributed by atoms with Crippen molar-refractivity contribution in [2.75, 3.05) is 0 Å². The van der Waals surface area contributed by atoms with Crippen molar-refractivity contribution in [1.29, 1.82) is 0 Å². The van der Waals surface area contributed by atoms with Crippen molar-refractivity contribution < 1.29 is 0 Å². The van der Waals surface area contributed by atoms with Crippen molar-refractivity contribution >= 4 is 0 Å². The number of hydrogen-bond donors (Lipinski definition) is 1. The second kappa shape index (κ2) is 5.75. The average Bonchev–Trinajstić information content (AvgIpc) is 2.20. The summed E-state index contributed by atoms with van der Waals surface area (Å²) in [6, 6.07) is 3.97. The molecule has 0 saturated heterocycles. The van der Waals surface area contributed by atoms with E-state index in [1.807, 2.05) is 24.3 Å². The fraction of sp³-hybridized carbons (Fsp3) is 0.0833. The minimum atomic E-state index is 0.849. The lowest BCUT2D eigenvalue weighted by Gasteiger charge is -2.00. The lowest BCUT2D eigenvalue weighted by Crippen LogP contribution is -1.89. The first-order chi connectivity index (χ1) is 6.86. The monoisotopic (exact) mass is 186 g/mol. The van der Waals surface area contributed by atoms with E-state index >= 15 is 0 Å². The second-order valence-electron chi connectivity index (χ2n) is 2.87. The summed E-state index contributed by atoms with van der Waals surface area (Å²) < 4.78 is 0. The molecular weight excluding hydrogens is 172 g/mol. The van der Waals surface area contributed by atoms with Gasteiger partial charge in [-0.05, 0) is 42.0 Å². The van der Waals surface area contributed by atoms with E-state index in [1.54, 1.807) is 18.5 Å². The molecule has 0 aliphatic rings. The van der Waals surface area contributed by atoms with E-state index in [1.165, 1.54) is 11.8 Å². The topological polar surface area (TPSA) is 38.9 Å². The van der Waals surface area contributed by atoms with Crippen molar-refractivity contribution in [3.05, 3.63) is 66.7 Å². The van der Waals surface area contributed by atoms with Crippen LogP contribution >= 0.6 is 0 Å². The normalized spacial score (nSPS) is 11.9. The molecule has 0 fully saturated rings. The van der Waals surface area contributed by atoms with E-state index in [-0.39, 0.29) is 0 Å². The summed E-state index contributed by atoms with van der Waals surface area (Å²) in [5.41, 5.74) is 7.69. The van der Waals surface area contributed by atoms with Gasteiger partial charge in [0.25, 0.3) is 0 Å². The van der Waals surface area contributed by atoms with E-state index in [4.69, 9.17) is 5.73 Å². The zero-order valence-electron chi connectivity index (χ0n) is 8.06. The van der Waals surface area contributed by atoms with Crippen LogP contribution in [0.1, 0.15) is 5.56 Å². The molecule has 0 spiro atoms. The molecule has 0 aliphatic heterocycles. The molecule has 0 amide bonds. The Morgan fingerprint density at radius 1 is 1.43 bits per heavy atom. The lowest BCUT2D eigenvalue weighted by atomic mass is 10.1. The molecule has 0 unspecified atom stereocenters. The van der Waals surface area contributed by atoms with Gasteiger partial charge in [-0.2, -0.15) is 0 Å². The highest BCUT2D eigenvalue weighted by Gasteiger charge is 1.94. The van der Waals surface area contributed by atoms with Crippen LogP contribution in [0.15, 0.2) is 61.1 Å². The lowest BCUT2D eigenvalue weighted by molar-refractivity contribution is 1.16. The summed E-state index contributed by atoms with van der Waals surface area (Å²) in [4.78, 5) is 3.96. The Hall–Kier alpha value is -1.83. The zero-order chi connectivity index (χ0) is 10.2. The number of allylic oxidation sites excluding steroid dienone is 4. The van der Waals surface area contributed by atoms with Crippen LogP contribution in [0.25, 0.3) is 0 Å². The van der Waals surface area contributed by atoms with Gasteiger partial charge in [0.1, 0.15) is 0 Å². The van der Waals surface area contributed by atoms with Gasteiger partial charge in [-0.25, -0.2) is 0 Å². The number of aromatic nitrogens is 1. The van der Waals surface area contributed by atoms with Gasteiger partial charge in [0.2, 0.25) is 0 Å². The Labute approximate surface area is 84.5 Å². The third-order valence-corrected chi connectivity index (χ3v) is 1.80. The van der Waals surface area contributed by atoms with Gasteiger partial charge >= 0.3 is 0 Å². The maximum absolute atomic E-state index is 5.35. The molecule has 2 N–H and O–H groups in total. The molecule has 2 nitrogen and oxygen atoms in total. The SMILES string of the molecule is C=C/C=C(\C=C/N)Cc1ccncc1. The molecular formula is C12H14N2. The van der Waals surface area contributed by atoms with Gasteiger partial charge in [0.15, 0.2) is 0 Å². The molecule has 0 aliphatic carbocycles. The maximum Gasteiger partial charge on any atom is 0.0270 e. The second-order valence-corrected chi connectivity index (χ2v) is 2.87. The minimum absolute atomic E-state index is 0.849. The predicted octanol–water partition coefficient (Wildman–Crippen LogP) is 2.21. The van der Waals surface area contributed by atoms with Gasteiger partial charge in [0.05, 0.1) is 0 Å². The van der Waals surface area contributed by atoms with E-state index in [2.05, 4.69) is 11.6 Å². The summed E-state index contributed by atoms with van der Waals surface area (Å²) in [7, 11) is 0. The van der Waals surface area contributed by atoms with Crippen LogP contribution in [-0.4, -0.2) is 4.98 Å². The predicted molar refractivity (Wildman–Crippen MR) is 59.5 cm³/mol. The highest BCUT2D eigenvalue weighted by atomic mass is 14.6. The number of pyridine rings is 1. The van der Waals surface area contributed by atoms with Crippen molar-refractivity contribution in [1.82, 2.24) is 4.98 Å². The van der Waals surface area contributed by atoms with Crippen LogP contribution < -0.4 is 5.73 Å². The van der Waals surface area contributed by atoms with Crippen molar-refractivity contribution in [3.8, 4) is 0 Å². The Morgan fingerprint density at radius 3 is 2.71 bits per heavy atom. The Kier molecular flexibility index (Phi) is 4.21. The van der Waals surface area contributed by atoms with Crippen molar-refractivity contribution in [3.63, 3.8) is 0 Å². The fourth-order valence-electron chi connectivity index (χ4n) is 1.18. The van der Waals surface area contributed by atoms with Crippen molar-refractivity contribution in [2.45, 2.75) is 6.42 Å². The third-order valence-electron chi connectivity index (χ3n) is 1.80. The molecule has 14 heavy (non-hydrogen) atoms. The highest BCUT2D eigenvalue weighted by Crippen LogP contribution is 2.07. The molecule has 72 valence electrons. The summed E-state index contributed by atoms with van der Waals surface area (Å²) in [6.07, 6.45) is 11.5. The molecule has 1 aromatic heterocycles. The summed E-state index contributed by atoms with van der Waals surface area (Å²) in [5.74, 6) is 0. The number of rotatable bonds is 4. The first-order valence-corrected chi connectivity index (χ1v) is 4.45. The van der Waals surface area contributed by atoms with Crippen molar-refractivity contribution in [2.24, 2.45) is 5.73 Å². The first kappa shape index (κ1) is 10.3. The molecule has 1 aromatic rings. The summed E-state index contributed by atoms with van der Waals surface area (Å²) >= 11 is 0.